The topological polar surface area (TPSA) is 89.8 Å². The number of ether oxygens (including phenoxy) is 1. The Kier molecular flexibility index (Phi) is 5.89. The van der Waals surface area contributed by atoms with Crippen molar-refractivity contribution in [2.75, 3.05) is 0 Å². The summed E-state index contributed by atoms with van der Waals surface area (Å²) in [4.78, 5) is 41.8. The summed E-state index contributed by atoms with van der Waals surface area (Å²) in [6.07, 6.45) is 1.64. The Hall–Kier alpha value is -3.00. The lowest BCUT2D eigenvalue weighted by Gasteiger charge is -2.21. The van der Waals surface area contributed by atoms with Gasteiger partial charge >= 0.3 is 5.97 Å². The average Bonchev–Trinajstić information content (AvgIpc) is 3.13. The third-order valence-electron chi connectivity index (χ3n) is 4.24. The number of carbonyl (C=O) groups excluding carboxylic acids is 2. The van der Waals surface area contributed by atoms with Crippen LogP contribution < -0.4 is 10.9 Å². The van der Waals surface area contributed by atoms with Gasteiger partial charge in [-0.2, -0.15) is 0 Å². The maximum Gasteiger partial charge on any atom is 0.329 e. The normalized spacial score (nSPS) is 12.1. The molecule has 0 aliphatic carbocycles. The molecule has 1 atom stereocenters. The van der Waals surface area contributed by atoms with E-state index in [1.165, 1.54) is 21.8 Å². The molecule has 1 amide bonds. The summed E-state index contributed by atoms with van der Waals surface area (Å²) < 4.78 is 6.75. The van der Waals surface area contributed by atoms with Gasteiger partial charge in [-0.25, -0.2) is 9.78 Å². The maximum atomic E-state index is 12.5. The Morgan fingerprint density at radius 2 is 1.96 bits per heavy atom. The summed E-state index contributed by atoms with van der Waals surface area (Å²) in [7, 11) is 0. The predicted molar refractivity (Wildman–Crippen MR) is 106 cm³/mol. The number of hydrogen-bond acceptors (Lipinski definition) is 6. The number of thiazole rings is 1. The van der Waals surface area contributed by atoms with Crippen LogP contribution in [0.4, 0.5) is 0 Å². The standard InChI is InChI=1S/C20H21N3O4S/c1-12(2)17(22-18(25)14-6-4-13(3)5-7-14)19(26)27-11-15-10-16(24)23-8-9-28-20(23)21-15/h4-10,12,17H,11H2,1-3H3,(H,22,25)/t17-/m0/s1. The Labute approximate surface area is 166 Å². The molecule has 0 radical (unpaired) electrons. The minimum Gasteiger partial charge on any atom is -0.458 e. The minimum absolute atomic E-state index is 0.133. The summed E-state index contributed by atoms with van der Waals surface area (Å²) in [6.45, 7) is 5.45. The van der Waals surface area contributed by atoms with Gasteiger partial charge in [0.05, 0.1) is 5.69 Å². The number of fused-ring (bicyclic) bond motifs is 1. The highest BCUT2D eigenvalue weighted by Crippen LogP contribution is 2.11. The first kappa shape index (κ1) is 19.8. The maximum absolute atomic E-state index is 12.5. The van der Waals surface area contributed by atoms with Gasteiger partial charge in [-0.3, -0.25) is 14.0 Å². The largest absolute Gasteiger partial charge is 0.458 e. The average molecular weight is 399 g/mol. The number of nitrogens with one attached hydrogen (secondary N) is 1. The fourth-order valence-electron chi connectivity index (χ4n) is 2.62. The van der Waals surface area contributed by atoms with E-state index in [0.717, 1.165) is 5.56 Å². The number of aryl methyl sites for hydroxylation is 1. The zero-order valence-corrected chi connectivity index (χ0v) is 16.7. The van der Waals surface area contributed by atoms with Gasteiger partial charge in [0.25, 0.3) is 11.5 Å². The lowest BCUT2D eigenvalue weighted by Crippen LogP contribution is -2.45. The molecule has 0 bridgehead atoms. The summed E-state index contributed by atoms with van der Waals surface area (Å²) >= 11 is 1.32. The Morgan fingerprint density at radius 3 is 2.64 bits per heavy atom. The van der Waals surface area contributed by atoms with Crippen LogP contribution in [0.5, 0.6) is 0 Å². The summed E-state index contributed by atoms with van der Waals surface area (Å²) in [5.74, 6) is -1.07. The molecule has 8 heteroatoms. The van der Waals surface area contributed by atoms with Gasteiger partial charge in [0, 0.05) is 23.2 Å². The quantitative estimate of drug-likeness (QED) is 0.644. The van der Waals surface area contributed by atoms with Crippen molar-refractivity contribution in [3.05, 3.63) is 69.1 Å². The minimum atomic E-state index is -0.805. The second kappa shape index (κ2) is 8.35. The number of benzene rings is 1. The molecule has 28 heavy (non-hydrogen) atoms. The molecule has 3 aromatic rings. The van der Waals surface area contributed by atoms with Gasteiger partial charge < -0.3 is 10.1 Å². The highest BCUT2D eigenvalue weighted by Gasteiger charge is 2.26. The highest BCUT2D eigenvalue weighted by molar-refractivity contribution is 7.15. The fraction of sp³-hybridized carbons (Fsp3) is 0.300. The molecule has 1 N–H and O–H groups in total. The van der Waals surface area contributed by atoms with E-state index in [1.807, 2.05) is 32.9 Å². The van der Waals surface area contributed by atoms with Crippen molar-refractivity contribution in [3.63, 3.8) is 0 Å². The van der Waals surface area contributed by atoms with Crippen LogP contribution >= 0.6 is 11.3 Å². The molecule has 0 saturated carbocycles. The van der Waals surface area contributed by atoms with E-state index in [9.17, 15) is 14.4 Å². The van der Waals surface area contributed by atoms with Crippen LogP contribution in [0.25, 0.3) is 4.96 Å². The number of aromatic nitrogens is 2. The van der Waals surface area contributed by atoms with Crippen LogP contribution in [0.1, 0.15) is 35.5 Å². The fourth-order valence-corrected chi connectivity index (χ4v) is 3.36. The molecule has 0 aliphatic rings. The summed E-state index contributed by atoms with van der Waals surface area (Å²) in [5, 5.41) is 4.49. The molecule has 2 aromatic heterocycles. The van der Waals surface area contributed by atoms with Crippen molar-refractivity contribution in [1.29, 1.82) is 0 Å². The van der Waals surface area contributed by atoms with Gasteiger partial charge in [0.15, 0.2) is 4.96 Å². The monoisotopic (exact) mass is 399 g/mol. The van der Waals surface area contributed by atoms with Crippen LogP contribution in [0.2, 0.25) is 0 Å². The third-order valence-corrected chi connectivity index (χ3v) is 5.00. The number of amides is 1. The van der Waals surface area contributed by atoms with Crippen LogP contribution in [-0.2, 0) is 16.1 Å². The molecule has 1 aromatic carbocycles. The summed E-state index contributed by atoms with van der Waals surface area (Å²) in [5.41, 5.74) is 1.66. The van der Waals surface area contributed by atoms with Gasteiger partial charge in [-0.1, -0.05) is 31.5 Å². The first-order valence-corrected chi connectivity index (χ1v) is 9.73. The van der Waals surface area contributed by atoms with Gasteiger partial charge in [-0.15, -0.1) is 11.3 Å². The molecule has 0 saturated heterocycles. The molecule has 3 rings (SSSR count). The Bertz CT molecular complexity index is 1050. The Balaban J connectivity index is 1.67. The van der Waals surface area contributed by atoms with Crippen molar-refractivity contribution in [2.45, 2.75) is 33.4 Å². The van der Waals surface area contributed by atoms with E-state index < -0.39 is 12.0 Å². The first-order chi connectivity index (χ1) is 13.3. The molecule has 0 fully saturated rings. The molecule has 7 nitrogen and oxygen atoms in total. The summed E-state index contributed by atoms with van der Waals surface area (Å²) in [6, 6.07) is 7.62. The molecular weight excluding hydrogens is 378 g/mol. The van der Waals surface area contributed by atoms with E-state index in [1.54, 1.807) is 23.7 Å². The second-order valence-electron chi connectivity index (χ2n) is 6.81. The molecule has 2 heterocycles. The van der Waals surface area contributed by atoms with E-state index in [4.69, 9.17) is 4.74 Å². The SMILES string of the molecule is Cc1ccc(C(=O)N[C@H](C(=O)OCc2cc(=O)n3ccsc3n2)C(C)C)cc1. The van der Waals surface area contributed by atoms with E-state index >= 15 is 0 Å². The molecule has 0 unspecified atom stereocenters. The van der Waals surface area contributed by atoms with Crippen molar-refractivity contribution in [2.24, 2.45) is 5.92 Å². The molecule has 146 valence electrons. The van der Waals surface area contributed by atoms with Gasteiger partial charge in [-0.05, 0) is 25.0 Å². The molecule has 0 aliphatic heterocycles. The number of nitrogens with zero attached hydrogens (tertiary/aromatic N) is 2. The van der Waals surface area contributed by atoms with Gasteiger partial charge in [0.2, 0.25) is 0 Å². The second-order valence-corrected chi connectivity index (χ2v) is 7.68. The van der Waals surface area contributed by atoms with E-state index in [0.29, 0.717) is 16.2 Å². The predicted octanol–water partition coefficient (Wildman–Crippen LogP) is 2.56. The lowest BCUT2D eigenvalue weighted by atomic mass is 10.0. The molecule has 0 spiro atoms. The highest BCUT2D eigenvalue weighted by atomic mass is 32.1. The zero-order valence-electron chi connectivity index (χ0n) is 15.8. The third kappa shape index (κ3) is 4.45. The van der Waals surface area contributed by atoms with Crippen molar-refractivity contribution in [1.82, 2.24) is 14.7 Å². The van der Waals surface area contributed by atoms with Crippen molar-refractivity contribution >= 4 is 28.2 Å². The number of hydrogen-bond donors (Lipinski definition) is 1. The van der Waals surface area contributed by atoms with Crippen LogP contribution in [0, 0.1) is 12.8 Å². The smallest absolute Gasteiger partial charge is 0.329 e. The van der Waals surface area contributed by atoms with Crippen molar-refractivity contribution < 1.29 is 14.3 Å². The number of carbonyl (C=O) groups is 2. The Morgan fingerprint density at radius 1 is 1.25 bits per heavy atom. The van der Waals surface area contributed by atoms with E-state index in [2.05, 4.69) is 10.3 Å². The van der Waals surface area contributed by atoms with Crippen LogP contribution in [0.15, 0.2) is 46.7 Å². The van der Waals surface area contributed by atoms with Crippen LogP contribution in [0.3, 0.4) is 0 Å². The number of rotatable bonds is 6. The number of esters is 1. The van der Waals surface area contributed by atoms with Crippen LogP contribution in [-0.4, -0.2) is 27.3 Å². The van der Waals surface area contributed by atoms with Crippen molar-refractivity contribution in [3.8, 4) is 0 Å². The lowest BCUT2D eigenvalue weighted by molar-refractivity contribution is -0.148. The van der Waals surface area contributed by atoms with Gasteiger partial charge in [0.1, 0.15) is 12.6 Å². The van der Waals surface area contributed by atoms with E-state index in [-0.39, 0.29) is 24.0 Å². The zero-order chi connectivity index (χ0) is 20.3. The first-order valence-electron chi connectivity index (χ1n) is 8.85. The molecular formula is C20H21N3O4S.